The predicted octanol–water partition coefficient (Wildman–Crippen LogP) is 9.12. The van der Waals surface area contributed by atoms with Crippen LogP contribution in [0, 0.1) is 3.57 Å². The molecule has 0 unspecified atom stereocenters. The van der Waals surface area contributed by atoms with Gasteiger partial charge in [-0.15, -0.1) is 11.3 Å². The average Bonchev–Trinajstić information content (AvgIpc) is 3.27. The molecule has 0 amide bonds. The van der Waals surface area contributed by atoms with E-state index in [0.29, 0.717) is 0 Å². The van der Waals surface area contributed by atoms with Gasteiger partial charge in [0.05, 0.1) is 5.70 Å². The lowest BCUT2D eigenvalue weighted by atomic mass is 10.0. The van der Waals surface area contributed by atoms with Crippen LogP contribution in [0.3, 0.4) is 0 Å². The van der Waals surface area contributed by atoms with E-state index in [0.717, 1.165) is 28.4 Å². The first-order valence-electron chi connectivity index (χ1n) is 11.5. The third-order valence-electron chi connectivity index (χ3n) is 6.15. The smallest absolute Gasteiger partial charge is 0.138 e. The molecular formula is C31H25IN2S. The molecule has 2 nitrogen and oxygen atoms in total. The average molecular weight is 585 g/mol. The van der Waals surface area contributed by atoms with Crippen LogP contribution in [0.2, 0.25) is 0 Å². The largest absolute Gasteiger partial charge is 0.343 e. The van der Waals surface area contributed by atoms with Crippen LogP contribution in [0.1, 0.15) is 30.5 Å². The maximum Gasteiger partial charge on any atom is 0.138 e. The molecule has 0 aliphatic heterocycles. The Labute approximate surface area is 223 Å². The van der Waals surface area contributed by atoms with Gasteiger partial charge in [-0.05, 0) is 71.3 Å². The quantitative estimate of drug-likeness (QED) is 0.124. The van der Waals surface area contributed by atoms with Crippen molar-refractivity contribution in [3.8, 4) is 0 Å². The number of amidine groups is 1. The van der Waals surface area contributed by atoms with Gasteiger partial charge in [0.1, 0.15) is 5.84 Å². The fourth-order valence-corrected chi connectivity index (χ4v) is 5.75. The Morgan fingerprint density at radius 1 is 0.771 bits per heavy atom. The highest BCUT2D eigenvalue weighted by Gasteiger charge is 2.13. The second-order valence-electron chi connectivity index (χ2n) is 8.44. The minimum Gasteiger partial charge on any atom is -0.343 e. The van der Waals surface area contributed by atoms with Gasteiger partial charge in [0.25, 0.3) is 0 Å². The highest BCUT2D eigenvalue weighted by atomic mass is 127. The number of nitrogens with zero attached hydrogens (tertiary/aromatic N) is 1. The molecule has 5 aromatic rings. The van der Waals surface area contributed by atoms with Gasteiger partial charge in [-0.2, -0.15) is 0 Å². The summed E-state index contributed by atoms with van der Waals surface area (Å²) < 4.78 is 3.81. The number of aliphatic imine (C=N–C) groups is 1. The summed E-state index contributed by atoms with van der Waals surface area (Å²) in [6, 6.07) is 33.7. The van der Waals surface area contributed by atoms with Gasteiger partial charge in [0.2, 0.25) is 0 Å². The first kappa shape index (κ1) is 23.5. The van der Waals surface area contributed by atoms with Crippen LogP contribution in [0.25, 0.3) is 31.4 Å². The van der Waals surface area contributed by atoms with Crippen molar-refractivity contribution in [3.63, 3.8) is 0 Å². The minimum atomic E-state index is 0.726. The minimum absolute atomic E-state index is 0.726. The van der Waals surface area contributed by atoms with Gasteiger partial charge < -0.3 is 5.32 Å². The van der Waals surface area contributed by atoms with Crippen molar-refractivity contribution in [2.24, 2.45) is 4.99 Å². The summed E-state index contributed by atoms with van der Waals surface area (Å²) in [5.74, 6) is 0.788. The molecule has 0 saturated heterocycles. The molecule has 172 valence electrons. The maximum atomic E-state index is 4.94. The molecule has 0 bridgehead atoms. The molecule has 1 heterocycles. The van der Waals surface area contributed by atoms with Crippen LogP contribution in [0.4, 0.5) is 0 Å². The highest BCUT2D eigenvalue weighted by molar-refractivity contribution is 14.1. The standard InChI is InChI=1S/C31H25IN2S/c1-20(26-13-9-14-28-27-12-7-8-15-29(27)35-30(26)28)21(2)33-31(24-16-18-25(32)19-17-24)34-22(3)23-10-5-4-6-11-23/h4-19H,3H2,1-2H3,(H,33,34)/b21-20-. The Morgan fingerprint density at radius 3 is 2.23 bits per heavy atom. The van der Waals surface area contributed by atoms with E-state index in [1.54, 1.807) is 0 Å². The topological polar surface area (TPSA) is 24.4 Å². The lowest BCUT2D eigenvalue weighted by molar-refractivity contribution is 1.11. The van der Waals surface area contributed by atoms with Crippen LogP contribution in [-0.4, -0.2) is 5.84 Å². The zero-order valence-electron chi connectivity index (χ0n) is 19.7. The highest BCUT2D eigenvalue weighted by Crippen LogP contribution is 2.38. The molecule has 5 rings (SSSR count). The van der Waals surface area contributed by atoms with Crippen molar-refractivity contribution >= 4 is 71.2 Å². The lowest BCUT2D eigenvalue weighted by Gasteiger charge is -2.15. The Balaban J connectivity index is 1.57. The van der Waals surface area contributed by atoms with Gasteiger partial charge in [0.15, 0.2) is 0 Å². The van der Waals surface area contributed by atoms with E-state index >= 15 is 0 Å². The Kier molecular flexibility index (Phi) is 6.84. The number of allylic oxidation sites excluding steroid dienone is 2. The van der Waals surface area contributed by atoms with Gasteiger partial charge in [-0.3, -0.25) is 0 Å². The van der Waals surface area contributed by atoms with Gasteiger partial charge in [-0.1, -0.05) is 85.4 Å². The molecule has 0 atom stereocenters. The van der Waals surface area contributed by atoms with Crippen molar-refractivity contribution in [1.82, 2.24) is 5.32 Å². The molecule has 35 heavy (non-hydrogen) atoms. The molecule has 0 radical (unpaired) electrons. The molecular weight excluding hydrogens is 559 g/mol. The van der Waals surface area contributed by atoms with Crippen LogP contribution in [0.5, 0.6) is 0 Å². The monoisotopic (exact) mass is 584 g/mol. The molecule has 4 aromatic carbocycles. The SMILES string of the molecule is C=C(/N=C(\N/C(C)=C(/C)c1cccc2c1sc1ccccc12)c1ccc(I)cc1)c1ccccc1. The number of benzene rings is 4. The summed E-state index contributed by atoms with van der Waals surface area (Å²) in [6.45, 7) is 8.54. The van der Waals surface area contributed by atoms with E-state index < -0.39 is 0 Å². The van der Waals surface area contributed by atoms with Crippen molar-refractivity contribution in [2.45, 2.75) is 13.8 Å². The van der Waals surface area contributed by atoms with E-state index in [9.17, 15) is 0 Å². The predicted molar refractivity (Wildman–Crippen MR) is 162 cm³/mol. The summed E-state index contributed by atoms with van der Waals surface area (Å²) in [5.41, 5.74) is 6.26. The number of fused-ring (bicyclic) bond motifs is 3. The van der Waals surface area contributed by atoms with E-state index in [1.165, 1.54) is 34.9 Å². The summed E-state index contributed by atoms with van der Waals surface area (Å²) in [5, 5.41) is 6.24. The molecule has 0 saturated carbocycles. The Morgan fingerprint density at radius 2 is 1.46 bits per heavy atom. The second kappa shape index (κ2) is 10.2. The third-order valence-corrected chi connectivity index (χ3v) is 8.09. The third kappa shape index (κ3) is 4.95. The van der Waals surface area contributed by atoms with Crippen LogP contribution in [0.15, 0.2) is 114 Å². The maximum absolute atomic E-state index is 4.94. The van der Waals surface area contributed by atoms with Crippen LogP contribution in [-0.2, 0) is 0 Å². The van der Waals surface area contributed by atoms with Crippen molar-refractivity contribution < 1.29 is 0 Å². The summed E-state index contributed by atoms with van der Waals surface area (Å²) in [6.07, 6.45) is 0. The second-order valence-corrected chi connectivity index (χ2v) is 10.7. The summed E-state index contributed by atoms with van der Waals surface area (Å²) in [7, 11) is 0. The van der Waals surface area contributed by atoms with Crippen molar-refractivity contribution in [1.29, 1.82) is 0 Å². The molecule has 0 aliphatic rings. The zero-order valence-corrected chi connectivity index (χ0v) is 22.7. The van der Waals surface area contributed by atoms with Gasteiger partial charge >= 0.3 is 0 Å². The normalized spacial score (nSPS) is 12.6. The Hall–Kier alpha value is -3.22. The number of rotatable bonds is 5. The lowest BCUT2D eigenvalue weighted by Crippen LogP contribution is -2.23. The van der Waals surface area contributed by atoms with Gasteiger partial charge in [0, 0.05) is 35.0 Å². The fourth-order valence-electron chi connectivity index (χ4n) is 4.12. The fraction of sp³-hybridized carbons (Fsp3) is 0.0645. The molecule has 1 N–H and O–H groups in total. The Bertz CT molecular complexity index is 1590. The van der Waals surface area contributed by atoms with Crippen molar-refractivity contribution in [3.05, 3.63) is 130 Å². The van der Waals surface area contributed by atoms with Gasteiger partial charge in [-0.25, -0.2) is 4.99 Å². The number of halogens is 1. The molecule has 4 heteroatoms. The van der Waals surface area contributed by atoms with Crippen LogP contribution >= 0.6 is 33.9 Å². The first-order valence-corrected chi connectivity index (χ1v) is 13.3. The van der Waals surface area contributed by atoms with E-state index in [2.05, 4.69) is 115 Å². The number of hydrogen-bond donors (Lipinski definition) is 1. The van der Waals surface area contributed by atoms with Crippen LogP contribution < -0.4 is 5.32 Å². The summed E-state index contributed by atoms with van der Waals surface area (Å²) in [4.78, 5) is 4.94. The molecule has 1 aromatic heterocycles. The number of hydrogen-bond acceptors (Lipinski definition) is 2. The molecule has 0 fully saturated rings. The van der Waals surface area contributed by atoms with Crippen molar-refractivity contribution in [2.75, 3.05) is 0 Å². The number of nitrogens with one attached hydrogen (secondary N) is 1. The van der Waals surface area contributed by atoms with E-state index in [-0.39, 0.29) is 0 Å². The molecule has 0 aliphatic carbocycles. The summed E-state index contributed by atoms with van der Waals surface area (Å²) >= 11 is 4.18. The zero-order chi connectivity index (χ0) is 24.4. The first-order chi connectivity index (χ1) is 17.0. The number of thiophene rings is 1. The van der Waals surface area contributed by atoms with E-state index in [4.69, 9.17) is 4.99 Å². The van der Waals surface area contributed by atoms with E-state index in [1.807, 2.05) is 41.7 Å². The molecule has 0 spiro atoms.